The predicted octanol–water partition coefficient (Wildman–Crippen LogP) is 5.33. The number of para-hydroxylation sites is 1. The lowest BCUT2D eigenvalue weighted by molar-refractivity contribution is 0.526. The van der Waals surface area contributed by atoms with E-state index in [9.17, 15) is 8.42 Å². The summed E-state index contributed by atoms with van der Waals surface area (Å²) in [5.41, 5.74) is 1.16. The van der Waals surface area contributed by atoms with Crippen molar-refractivity contribution >= 4 is 48.7 Å². The van der Waals surface area contributed by atoms with E-state index in [4.69, 9.17) is 4.42 Å². The first kappa shape index (κ1) is 21.2. The number of piperazine rings is 1. The van der Waals surface area contributed by atoms with Crippen LogP contribution >= 0.6 is 27.3 Å². The van der Waals surface area contributed by atoms with Crippen LogP contribution < -0.4 is 9.80 Å². The second kappa shape index (κ2) is 8.73. The van der Waals surface area contributed by atoms with E-state index < -0.39 is 9.84 Å². The Morgan fingerprint density at radius 2 is 1.56 bits per heavy atom. The molecule has 1 aliphatic heterocycles. The molecule has 5 rings (SSSR count). The monoisotopic (exact) mass is 529 g/mol. The van der Waals surface area contributed by atoms with Gasteiger partial charge in [0.1, 0.15) is 0 Å². The average molecular weight is 530 g/mol. The van der Waals surface area contributed by atoms with Crippen LogP contribution in [0.25, 0.3) is 10.8 Å². The molecule has 6 nitrogen and oxygen atoms in total. The number of hydrogen-bond acceptors (Lipinski definition) is 7. The number of thiophene rings is 1. The molecule has 0 N–H and O–H groups in total. The summed E-state index contributed by atoms with van der Waals surface area (Å²) in [4.78, 5) is 9.72. The molecule has 1 fully saturated rings. The van der Waals surface area contributed by atoms with Crippen LogP contribution in [-0.4, -0.2) is 39.6 Å². The SMILES string of the molecule is O=S(=O)(c1ccc(Br)cc1)c1nc(-c2cccs2)oc1N1CCN(c2ccccc2)CC1. The second-order valence-electron chi connectivity index (χ2n) is 7.37. The molecule has 0 atom stereocenters. The number of sulfone groups is 1. The lowest BCUT2D eigenvalue weighted by Crippen LogP contribution is -2.46. The van der Waals surface area contributed by atoms with Gasteiger partial charge in [-0.3, -0.25) is 0 Å². The molecule has 1 saturated heterocycles. The number of nitrogens with zero attached hydrogens (tertiary/aromatic N) is 3. The smallest absolute Gasteiger partial charge is 0.240 e. The Kier molecular flexibility index (Phi) is 5.79. The standard InChI is InChI=1S/C23H20BrN3O3S2/c24-17-8-10-19(11-9-17)32(28,29)22-23(30-21(25-22)20-7-4-16-31-20)27-14-12-26(13-15-27)18-5-2-1-3-6-18/h1-11,16H,12-15H2. The number of oxazole rings is 1. The topological polar surface area (TPSA) is 66.7 Å². The summed E-state index contributed by atoms with van der Waals surface area (Å²) in [6.45, 7) is 2.79. The third kappa shape index (κ3) is 4.07. The molecule has 1 aliphatic rings. The van der Waals surface area contributed by atoms with E-state index in [2.05, 4.69) is 37.9 Å². The van der Waals surface area contributed by atoms with Gasteiger partial charge in [0.2, 0.25) is 26.6 Å². The maximum absolute atomic E-state index is 13.5. The lowest BCUT2D eigenvalue weighted by Gasteiger charge is -2.36. The normalized spacial score (nSPS) is 14.7. The van der Waals surface area contributed by atoms with Crippen molar-refractivity contribution in [3.8, 4) is 10.8 Å². The fraction of sp³-hybridized carbons (Fsp3) is 0.174. The van der Waals surface area contributed by atoms with Crippen LogP contribution in [0.4, 0.5) is 11.6 Å². The summed E-state index contributed by atoms with van der Waals surface area (Å²) in [5, 5.41) is 1.89. The molecule has 4 aromatic rings. The molecule has 9 heteroatoms. The Morgan fingerprint density at radius 3 is 2.22 bits per heavy atom. The van der Waals surface area contributed by atoms with E-state index in [1.165, 1.54) is 11.3 Å². The highest BCUT2D eigenvalue weighted by atomic mass is 79.9. The molecule has 164 valence electrons. The quantitative estimate of drug-likeness (QED) is 0.348. The average Bonchev–Trinajstić information content (AvgIpc) is 3.51. The molecule has 0 aliphatic carbocycles. The van der Waals surface area contributed by atoms with Gasteiger partial charge in [-0.15, -0.1) is 11.3 Å². The Morgan fingerprint density at radius 1 is 0.875 bits per heavy atom. The number of rotatable bonds is 5. The van der Waals surface area contributed by atoms with Gasteiger partial charge in [-0.05, 0) is 47.8 Å². The molecule has 0 saturated carbocycles. The van der Waals surface area contributed by atoms with Crippen LogP contribution in [0.1, 0.15) is 0 Å². The van der Waals surface area contributed by atoms with Gasteiger partial charge in [-0.1, -0.05) is 40.2 Å². The second-order valence-corrected chi connectivity index (χ2v) is 11.1. The first-order chi connectivity index (χ1) is 15.5. The fourth-order valence-corrected chi connectivity index (χ4v) is 5.95. The highest BCUT2D eigenvalue weighted by molar-refractivity contribution is 9.10. The number of aromatic nitrogens is 1. The highest BCUT2D eigenvalue weighted by Gasteiger charge is 2.33. The van der Waals surface area contributed by atoms with Crippen LogP contribution in [0.15, 0.2) is 90.9 Å². The minimum Gasteiger partial charge on any atom is -0.418 e. The fourth-order valence-electron chi connectivity index (χ4n) is 3.71. The van der Waals surface area contributed by atoms with Crippen molar-refractivity contribution in [1.29, 1.82) is 0 Å². The van der Waals surface area contributed by atoms with Gasteiger partial charge in [-0.25, -0.2) is 8.42 Å². The van der Waals surface area contributed by atoms with Crippen LogP contribution in [-0.2, 0) is 9.84 Å². The third-order valence-electron chi connectivity index (χ3n) is 5.38. The van der Waals surface area contributed by atoms with Gasteiger partial charge in [0.05, 0.1) is 9.77 Å². The molecule has 2 aromatic carbocycles. The molecule has 0 spiro atoms. The molecule has 0 unspecified atom stereocenters. The molecule has 0 amide bonds. The minimum atomic E-state index is -3.85. The van der Waals surface area contributed by atoms with Gasteiger partial charge in [-0.2, -0.15) is 4.98 Å². The molecule has 0 bridgehead atoms. The van der Waals surface area contributed by atoms with Crippen molar-refractivity contribution in [2.45, 2.75) is 9.92 Å². The van der Waals surface area contributed by atoms with E-state index in [1.54, 1.807) is 24.3 Å². The van der Waals surface area contributed by atoms with E-state index >= 15 is 0 Å². The molecule has 32 heavy (non-hydrogen) atoms. The summed E-state index contributed by atoms with van der Waals surface area (Å²) in [6, 6.07) is 20.6. The zero-order valence-corrected chi connectivity index (χ0v) is 20.2. The highest BCUT2D eigenvalue weighted by Crippen LogP contribution is 2.36. The van der Waals surface area contributed by atoms with Crippen LogP contribution in [0.5, 0.6) is 0 Å². The summed E-state index contributed by atoms with van der Waals surface area (Å²) >= 11 is 4.83. The Labute approximate surface area is 199 Å². The summed E-state index contributed by atoms with van der Waals surface area (Å²) in [6.07, 6.45) is 0. The van der Waals surface area contributed by atoms with E-state index in [1.807, 2.05) is 40.6 Å². The summed E-state index contributed by atoms with van der Waals surface area (Å²) in [7, 11) is -3.85. The number of halogens is 1. The van der Waals surface area contributed by atoms with Crippen LogP contribution in [0.2, 0.25) is 0 Å². The maximum atomic E-state index is 13.5. The molecule has 3 heterocycles. The van der Waals surface area contributed by atoms with Crippen molar-refractivity contribution in [3.05, 3.63) is 76.6 Å². The Hall–Kier alpha value is -2.62. The van der Waals surface area contributed by atoms with Crippen molar-refractivity contribution in [3.63, 3.8) is 0 Å². The maximum Gasteiger partial charge on any atom is 0.240 e. The van der Waals surface area contributed by atoms with Crippen molar-refractivity contribution in [2.24, 2.45) is 0 Å². The zero-order chi connectivity index (χ0) is 22.1. The van der Waals surface area contributed by atoms with E-state index in [0.29, 0.717) is 24.9 Å². The van der Waals surface area contributed by atoms with Crippen LogP contribution in [0, 0.1) is 0 Å². The van der Waals surface area contributed by atoms with Crippen molar-refractivity contribution < 1.29 is 12.8 Å². The first-order valence-electron chi connectivity index (χ1n) is 10.1. The third-order valence-corrected chi connectivity index (χ3v) is 8.43. The van der Waals surface area contributed by atoms with Gasteiger partial charge in [0.25, 0.3) is 0 Å². The number of benzene rings is 2. The molecule has 2 aromatic heterocycles. The van der Waals surface area contributed by atoms with E-state index in [0.717, 1.165) is 28.1 Å². The number of anilines is 2. The van der Waals surface area contributed by atoms with Gasteiger partial charge in [0, 0.05) is 36.3 Å². The zero-order valence-electron chi connectivity index (χ0n) is 17.0. The summed E-state index contributed by atoms with van der Waals surface area (Å²) < 4.78 is 33.9. The first-order valence-corrected chi connectivity index (χ1v) is 13.3. The predicted molar refractivity (Wildman–Crippen MR) is 130 cm³/mol. The van der Waals surface area contributed by atoms with Gasteiger partial charge < -0.3 is 14.2 Å². The van der Waals surface area contributed by atoms with Gasteiger partial charge in [0.15, 0.2) is 0 Å². The van der Waals surface area contributed by atoms with Crippen LogP contribution in [0.3, 0.4) is 0 Å². The van der Waals surface area contributed by atoms with E-state index in [-0.39, 0.29) is 9.92 Å². The lowest BCUT2D eigenvalue weighted by atomic mass is 10.2. The largest absolute Gasteiger partial charge is 0.418 e. The van der Waals surface area contributed by atoms with Crippen molar-refractivity contribution in [2.75, 3.05) is 36.0 Å². The number of hydrogen-bond donors (Lipinski definition) is 0. The molecular weight excluding hydrogens is 510 g/mol. The molecular formula is C23H20BrN3O3S2. The Balaban J connectivity index is 1.50. The minimum absolute atomic E-state index is 0.0311. The summed E-state index contributed by atoms with van der Waals surface area (Å²) in [5.74, 6) is 0.639. The van der Waals surface area contributed by atoms with Gasteiger partial charge >= 0.3 is 0 Å². The van der Waals surface area contributed by atoms with Crippen molar-refractivity contribution in [1.82, 2.24) is 4.98 Å². The Bertz CT molecular complexity index is 1300. The molecule has 0 radical (unpaired) electrons.